The van der Waals surface area contributed by atoms with Gasteiger partial charge in [-0.1, -0.05) is 36.9 Å². The molecule has 5 nitrogen and oxygen atoms in total. The molecule has 0 fully saturated rings. The molecule has 0 radical (unpaired) electrons. The number of hydrogen-bond acceptors (Lipinski definition) is 5. The van der Waals surface area contributed by atoms with E-state index in [1.165, 1.54) is 6.92 Å². The van der Waals surface area contributed by atoms with Gasteiger partial charge in [-0.15, -0.1) is 0 Å². The van der Waals surface area contributed by atoms with Gasteiger partial charge in [0, 0.05) is 12.0 Å². The van der Waals surface area contributed by atoms with Gasteiger partial charge in [-0.05, 0) is 26.3 Å². The fourth-order valence-electron chi connectivity index (χ4n) is 2.11. The van der Waals surface area contributed by atoms with Gasteiger partial charge in [0.15, 0.2) is 11.2 Å². The average molecular weight is 318 g/mol. The summed E-state index contributed by atoms with van der Waals surface area (Å²) >= 11 is 0. The Morgan fingerprint density at radius 1 is 1.00 bits per heavy atom. The second-order valence-electron chi connectivity index (χ2n) is 5.25. The van der Waals surface area contributed by atoms with Crippen molar-refractivity contribution in [2.45, 2.75) is 27.2 Å². The molecular formula is C18H22O5. The van der Waals surface area contributed by atoms with Gasteiger partial charge in [-0.2, -0.15) is 0 Å². The highest BCUT2D eigenvalue weighted by atomic mass is 16.6. The van der Waals surface area contributed by atoms with Crippen LogP contribution in [-0.4, -0.2) is 30.9 Å². The van der Waals surface area contributed by atoms with E-state index in [0.717, 1.165) is 0 Å². The number of carbonyl (C=O) groups excluding carboxylic acids is 3. The van der Waals surface area contributed by atoms with Crippen molar-refractivity contribution in [3.8, 4) is 0 Å². The maximum atomic E-state index is 12.4. The van der Waals surface area contributed by atoms with E-state index in [1.54, 1.807) is 44.2 Å². The standard InChI is InChI=1S/C18H22O5/c1-5-22-16(20)18(4,17(21)23-6-2)12-13(3)15(19)14-10-8-7-9-11-14/h7-11H,3,5-6,12H2,1-2,4H3. The van der Waals surface area contributed by atoms with E-state index in [9.17, 15) is 14.4 Å². The fraction of sp³-hybridized carbons (Fsp3) is 0.389. The van der Waals surface area contributed by atoms with E-state index in [0.29, 0.717) is 5.56 Å². The van der Waals surface area contributed by atoms with Crippen molar-refractivity contribution in [1.82, 2.24) is 0 Å². The summed E-state index contributed by atoms with van der Waals surface area (Å²) in [6, 6.07) is 8.56. The van der Waals surface area contributed by atoms with Gasteiger partial charge in [-0.3, -0.25) is 14.4 Å². The third kappa shape index (κ3) is 4.52. The number of ether oxygens (including phenoxy) is 2. The summed E-state index contributed by atoms with van der Waals surface area (Å²) in [6.07, 6.45) is -0.154. The second-order valence-corrected chi connectivity index (χ2v) is 5.25. The Balaban J connectivity index is 3.00. The molecule has 124 valence electrons. The summed E-state index contributed by atoms with van der Waals surface area (Å²) in [6.45, 7) is 8.70. The Kier molecular flexibility index (Phi) is 6.69. The zero-order valence-corrected chi connectivity index (χ0v) is 13.8. The van der Waals surface area contributed by atoms with Gasteiger partial charge in [0.1, 0.15) is 0 Å². The van der Waals surface area contributed by atoms with Gasteiger partial charge >= 0.3 is 11.9 Å². The molecule has 0 unspecified atom stereocenters. The first kappa shape index (κ1) is 18.6. The maximum absolute atomic E-state index is 12.4. The molecule has 0 saturated heterocycles. The molecule has 0 aliphatic heterocycles. The molecule has 1 rings (SSSR count). The molecule has 0 spiro atoms. The maximum Gasteiger partial charge on any atom is 0.323 e. The number of allylic oxidation sites excluding steroid dienone is 1. The van der Waals surface area contributed by atoms with Crippen molar-refractivity contribution in [2.75, 3.05) is 13.2 Å². The second kappa shape index (κ2) is 8.27. The normalized spacial score (nSPS) is 10.7. The number of benzene rings is 1. The molecule has 0 aliphatic rings. The Labute approximate surface area is 136 Å². The van der Waals surface area contributed by atoms with Crippen LogP contribution in [-0.2, 0) is 19.1 Å². The molecular weight excluding hydrogens is 296 g/mol. The van der Waals surface area contributed by atoms with E-state index < -0.39 is 17.4 Å². The number of hydrogen-bond donors (Lipinski definition) is 0. The summed E-state index contributed by atoms with van der Waals surface area (Å²) in [4.78, 5) is 36.8. The van der Waals surface area contributed by atoms with E-state index >= 15 is 0 Å². The topological polar surface area (TPSA) is 69.7 Å². The van der Waals surface area contributed by atoms with Crippen molar-refractivity contribution in [1.29, 1.82) is 0 Å². The molecule has 1 aromatic carbocycles. The lowest BCUT2D eigenvalue weighted by Crippen LogP contribution is -2.40. The minimum Gasteiger partial charge on any atom is -0.465 e. The molecule has 0 aromatic heterocycles. The van der Waals surface area contributed by atoms with Crippen LogP contribution in [0, 0.1) is 5.41 Å². The predicted octanol–water partition coefficient (Wildman–Crippen LogP) is 2.95. The molecule has 23 heavy (non-hydrogen) atoms. The van der Waals surface area contributed by atoms with Crippen LogP contribution >= 0.6 is 0 Å². The average Bonchev–Trinajstić information content (AvgIpc) is 2.55. The Morgan fingerprint density at radius 2 is 1.48 bits per heavy atom. The summed E-state index contributed by atoms with van der Waals surface area (Å²) < 4.78 is 9.94. The monoisotopic (exact) mass is 318 g/mol. The quantitative estimate of drug-likeness (QED) is 0.319. The van der Waals surface area contributed by atoms with Crippen molar-refractivity contribution in [3.63, 3.8) is 0 Å². The largest absolute Gasteiger partial charge is 0.465 e. The third-order valence-electron chi connectivity index (χ3n) is 3.38. The first-order chi connectivity index (χ1) is 10.9. The molecule has 0 atom stereocenters. The van der Waals surface area contributed by atoms with Crippen LogP contribution in [0.2, 0.25) is 0 Å². The predicted molar refractivity (Wildman–Crippen MR) is 85.9 cm³/mol. The van der Waals surface area contributed by atoms with Gasteiger partial charge in [0.2, 0.25) is 0 Å². The lowest BCUT2D eigenvalue weighted by atomic mass is 9.82. The van der Waals surface area contributed by atoms with Crippen LogP contribution in [0.3, 0.4) is 0 Å². The molecule has 0 aliphatic carbocycles. The number of carbonyl (C=O) groups is 3. The van der Waals surface area contributed by atoms with E-state index in [4.69, 9.17) is 9.47 Å². The van der Waals surface area contributed by atoms with Crippen molar-refractivity contribution in [3.05, 3.63) is 48.0 Å². The van der Waals surface area contributed by atoms with E-state index in [-0.39, 0.29) is 31.0 Å². The van der Waals surface area contributed by atoms with Crippen molar-refractivity contribution < 1.29 is 23.9 Å². The molecule has 0 saturated carbocycles. The Hall–Kier alpha value is -2.43. The van der Waals surface area contributed by atoms with E-state index in [1.807, 2.05) is 0 Å². The van der Waals surface area contributed by atoms with Crippen LogP contribution in [0.1, 0.15) is 37.6 Å². The smallest absolute Gasteiger partial charge is 0.323 e. The molecule has 5 heteroatoms. The molecule has 0 bridgehead atoms. The highest BCUT2D eigenvalue weighted by Crippen LogP contribution is 2.30. The Bertz CT molecular complexity index is 571. The van der Waals surface area contributed by atoms with Crippen molar-refractivity contribution in [2.24, 2.45) is 5.41 Å². The van der Waals surface area contributed by atoms with Crippen LogP contribution < -0.4 is 0 Å². The summed E-state index contributed by atoms with van der Waals surface area (Å²) in [5.41, 5.74) is -0.986. The molecule has 1 aromatic rings. The zero-order chi connectivity index (χ0) is 17.5. The van der Waals surface area contributed by atoms with Gasteiger partial charge < -0.3 is 9.47 Å². The van der Waals surface area contributed by atoms with Crippen molar-refractivity contribution >= 4 is 17.7 Å². The van der Waals surface area contributed by atoms with Crippen LogP contribution in [0.15, 0.2) is 42.5 Å². The zero-order valence-electron chi connectivity index (χ0n) is 13.8. The third-order valence-corrected chi connectivity index (χ3v) is 3.38. The van der Waals surface area contributed by atoms with Crippen LogP contribution in [0.5, 0.6) is 0 Å². The minimum atomic E-state index is -1.59. The van der Waals surface area contributed by atoms with Gasteiger partial charge in [0.05, 0.1) is 13.2 Å². The van der Waals surface area contributed by atoms with E-state index in [2.05, 4.69) is 6.58 Å². The molecule has 0 heterocycles. The van der Waals surface area contributed by atoms with Gasteiger partial charge in [0.25, 0.3) is 0 Å². The lowest BCUT2D eigenvalue weighted by Gasteiger charge is -2.25. The first-order valence-electron chi connectivity index (χ1n) is 7.48. The first-order valence-corrected chi connectivity index (χ1v) is 7.48. The highest BCUT2D eigenvalue weighted by molar-refractivity contribution is 6.10. The SMILES string of the molecule is C=C(CC(C)(C(=O)OCC)C(=O)OCC)C(=O)c1ccccc1. The number of rotatable bonds is 8. The fourth-order valence-corrected chi connectivity index (χ4v) is 2.11. The van der Waals surface area contributed by atoms with Crippen LogP contribution in [0.25, 0.3) is 0 Å². The van der Waals surface area contributed by atoms with Crippen LogP contribution in [0.4, 0.5) is 0 Å². The lowest BCUT2D eigenvalue weighted by molar-refractivity contribution is -0.170. The number of ketones is 1. The number of esters is 2. The molecule has 0 amide bonds. The van der Waals surface area contributed by atoms with Gasteiger partial charge in [-0.25, -0.2) is 0 Å². The Morgan fingerprint density at radius 3 is 1.91 bits per heavy atom. The highest BCUT2D eigenvalue weighted by Gasteiger charge is 2.45. The summed E-state index contributed by atoms with van der Waals surface area (Å²) in [5, 5.41) is 0. The minimum absolute atomic E-state index is 0.132. The summed E-state index contributed by atoms with van der Waals surface area (Å²) in [7, 11) is 0. The molecule has 0 N–H and O–H groups in total. The number of Topliss-reactive ketones (excluding diaryl/α,β-unsaturated/α-hetero) is 1. The summed E-state index contributed by atoms with van der Waals surface area (Å²) in [5.74, 6) is -1.76.